The zero-order valence-corrected chi connectivity index (χ0v) is 24.6. The van der Waals surface area contributed by atoms with Gasteiger partial charge in [0.2, 0.25) is 11.1 Å². The number of hydrogen-bond donors (Lipinski definition) is 2. The second-order valence-corrected chi connectivity index (χ2v) is 10.9. The molecule has 0 bridgehead atoms. The Morgan fingerprint density at radius 3 is 2.51 bits per heavy atom. The van der Waals surface area contributed by atoms with E-state index < -0.39 is 6.04 Å². The zero-order chi connectivity index (χ0) is 28.8. The number of amides is 1. The maximum Gasteiger partial charge on any atom is 0.255 e. The van der Waals surface area contributed by atoms with Gasteiger partial charge < -0.3 is 20.1 Å². The lowest BCUT2D eigenvalue weighted by Crippen LogP contribution is -2.31. The van der Waals surface area contributed by atoms with Crippen LogP contribution in [0.4, 0.5) is 11.6 Å². The lowest BCUT2D eigenvalue weighted by atomic mass is 9.94. The SMILES string of the molecule is CCCSc1nc2n(n1)C(c1ccc(OCc3ccccc3)c(OCC)c1)C(C(=O)Nc1ccc(C)cc1)=C(C)N2. The van der Waals surface area contributed by atoms with Crippen LogP contribution in [0.5, 0.6) is 11.5 Å². The van der Waals surface area contributed by atoms with Gasteiger partial charge in [-0.15, -0.1) is 5.10 Å². The van der Waals surface area contributed by atoms with E-state index in [9.17, 15) is 4.79 Å². The van der Waals surface area contributed by atoms with Gasteiger partial charge in [-0.3, -0.25) is 4.79 Å². The highest BCUT2D eigenvalue weighted by atomic mass is 32.2. The molecule has 1 amide bonds. The van der Waals surface area contributed by atoms with Crippen LogP contribution in [-0.2, 0) is 11.4 Å². The third kappa shape index (κ3) is 6.57. The van der Waals surface area contributed by atoms with Gasteiger partial charge in [0.25, 0.3) is 5.91 Å². The minimum atomic E-state index is -0.525. The van der Waals surface area contributed by atoms with E-state index in [1.807, 2.05) is 93.6 Å². The fourth-order valence-corrected chi connectivity index (χ4v) is 5.32. The third-order valence-corrected chi connectivity index (χ3v) is 7.69. The summed E-state index contributed by atoms with van der Waals surface area (Å²) < 4.78 is 14.0. The Morgan fingerprint density at radius 2 is 1.78 bits per heavy atom. The number of nitrogens with zero attached hydrogens (tertiary/aromatic N) is 3. The summed E-state index contributed by atoms with van der Waals surface area (Å²) in [6, 6.07) is 23.1. The van der Waals surface area contributed by atoms with Crippen LogP contribution in [-0.4, -0.2) is 33.0 Å². The number of allylic oxidation sites excluding steroid dienone is 1. The molecule has 1 aliphatic rings. The van der Waals surface area contributed by atoms with E-state index >= 15 is 0 Å². The fourth-order valence-electron chi connectivity index (χ4n) is 4.64. The Labute approximate surface area is 245 Å². The van der Waals surface area contributed by atoms with E-state index in [4.69, 9.17) is 19.6 Å². The number of ether oxygens (including phenoxy) is 2. The van der Waals surface area contributed by atoms with Crippen LogP contribution in [0.2, 0.25) is 0 Å². The summed E-state index contributed by atoms with van der Waals surface area (Å²) in [7, 11) is 0. The van der Waals surface area contributed by atoms with Crippen LogP contribution in [0.25, 0.3) is 0 Å². The smallest absolute Gasteiger partial charge is 0.255 e. The largest absolute Gasteiger partial charge is 0.490 e. The van der Waals surface area contributed by atoms with Gasteiger partial charge in [-0.2, -0.15) is 4.98 Å². The summed E-state index contributed by atoms with van der Waals surface area (Å²) in [6.45, 7) is 8.87. The second-order valence-electron chi connectivity index (χ2n) is 9.81. The molecule has 0 spiro atoms. The first-order valence-corrected chi connectivity index (χ1v) is 14.8. The number of nitrogens with one attached hydrogen (secondary N) is 2. The van der Waals surface area contributed by atoms with E-state index in [1.165, 1.54) is 0 Å². The average Bonchev–Trinajstić information content (AvgIpc) is 3.38. The van der Waals surface area contributed by atoms with Crippen molar-refractivity contribution >= 4 is 29.3 Å². The van der Waals surface area contributed by atoms with Gasteiger partial charge in [0.1, 0.15) is 12.6 Å². The molecule has 1 aromatic heterocycles. The first-order chi connectivity index (χ1) is 20.0. The van der Waals surface area contributed by atoms with Gasteiger partial charge in [0.15, 0.2) is 11.5 Å². The van der Waals surface area contributed by atoms with Gasteiger partial charge in [-0.1, -0.05) is 72.8 Å². The topological polar surface area (TPSA) is 90.3 Å². The third-order valence-electron chi connectivity index (χ3n) is 6.64. The molecule has 1 aliphatic heterocycles. The molecule has 8 nitrogen and oxygen atoms in total. The predicted octanol–water partition coefficient (Wildman–Crippen LogP) is 6.99. The van der Waals surface area contributed by atoms with Gasteiger partial charge in [-0.25, -0.2) is 4.68 Å². The van der Waals surface area contributed by atoms with Crippen LogP contribution >= 0.6 is 11.8 Å². The number of aryl methyl sites for hydroxylation is 1. The summed E-state index contributed by atoms with van der Waals surface area (Å²) >= 11 is 1.60. The molecule has 2 heterocycles. The lowest BCUT2D eigenvalue weighted by Gasteiger charge is -2.29. The van der Waals surface area contributed by atoms with E-state index in [0.717, 1.165) is 34.6 Å². The minimum Gasteiger partial charge on any atom is -0.490 e. The molecular weight excluding hydrogens is 534 g/mol. The van der Waals surface area contributed by atoms with Crippen molar-refractivity contribution in [1.82, 2.24) is 14.8 Å². The fraction of sp³-hybridized carbons (Fsp3) is 0.281. The first kappa shape index (κ1) is 28.3. The van der Waals surface area contributed by atoms with Gasteiger partial charge in [0.05, 0.1) is 12.2 Å². The summed E-state index contributed by atoms with van der Waals surface area (Å²) in [5, 5.41) is 11.9. The number of aromatic nitrogens is 3. The summed E-state index contributed by atoms with van der Waals surface area (Å²) in [5.41, 5.74) is 5.02. The van der Waals surface area contributed by atoms with E-state index in [2.05, 4.69) is 17.6 Å². The van der Waals surface area contributed by atoms with Crippen molar-refractivity contribution in [3.8, 4) is 11.5 Å². The van der Waals surface area contributed by atoms with Crippen LogP contribution in [0.15, 0.2) is 89.2 Å². The molecular formula is C32H35N5O3S. The summed E-state index contributed by atoms with van der Waals surface area (Å²) in [6.07, 6.45) is 1.01. The van der Waals surface area contributed by atoms with Crippen LogP contribution in [0, 0.1) is 6.92 Å². The maximum atomic E-state index is 13.8. The van der Waals surface area contributed by atoms with Gasteiger partial charge >= 0.3 is 0 Å². The Kier molecular flexibility index (Phi) is 8.94. The standard InChI is InChI=1S/C32H35N5O3S/c1-5-18-41-32-35-31-33-22(4)28(30(38)34-25-15-12-21(3)13-16-25)29(37(31)36-32)24-14-17-26(27(19-24)39-6-2)40-20-23-10-8-7-9-11-23/h7-17,19,29H,5-6,18,20H2,1-4H3,(H,34,38)(H,33,35,36). The van der Waals surface area contributed by atoms with Crippen molar-refractivity contribution in [2.45, 2.75) is 51.9 Å². The predicted molar refractivity (Wildman–Crippen MR) is 164 cm³/mol. The van der Waals surface area contributed by atoms with Crippen molar-refractivity contribution < 1.29 is 14.3 Å². The van der Waals surface area contributed by atoms with Crippen molar-refractivity contribution in [3.63, 3.8) is 0 Å². The number of fused-ring (bicyclic) bond motifs is 1. The molecule has 41 heavy (non-hydrogen) atoms. The van der Waals surface area contributed by atoms with E-state index in [0.29, 0.717) is 47.1 Å². The zero-order valence-electron chi connectivity index (χ0n) is 23.8. The molecule has 212 valence electrons. The van der Waals surface area contributed by atoms with Crippen LogP contribution < -0.4 is 20.1 Å². The minimum absolute atomic E-state index is 0.213. The van der Waals surface area contributed by atoms with Crippen LogP contribution in [0.3, 0.4) is 0 Å². The Hall–Kier alpha value is -4.24. The Bertz CT molecular complexity index is 1530. The lowest BCUT2D eigenvalue weighted by molar-refractivity contribution is -0.113. The molecule has 1 atom stereocenters. The molecule has 0 saturated carbocycles. The molecule has 0 radical (unpaired) electrons. The molecule has 4 aromatic rings. The Morgan fingerprint density at radius 1 is 1.00 bits per heavy atom. The quantitative estimate of drug-likeness (QED) is 0.188. The number of carbonyl (C=O) groups is 1. The highest BCUT2D eigenvalue weighted by Gasteiger charge is 2.35. The van der Waals surface area contributed by atoms with Gasteiger partial charge in [0, 0.05) is 17.1 Å². The Balaban J connectivity index is 1.52. The summed E-state index contributed by atoms with van der Waals surface area (Å²) in [5.74, 6) is 2.54. The average molecular weight is 570 g/mol. The number of anilines is 2. The highest BCUT2D eigenvalue weighted by Crippen LogP contribution is 2.40. The normalized spacial score (nSPS) is 14.3. The molecule has 0 saturated heterocycles. The summed E-state index contributed by atoms with van der Waals surface area (Å²) in [4.78, 5) is 18.6. The maximum absolute atomic E-state index is 13.8. The molecule has 5 rings (SSSR count). The molecule has 0 aliphatic carbocycles. The second kappa shape index (κ2) is 13.0. The van der Waals surface area contributed by atoms with Crippen molar-refractivity contribution in [1.29, 1.82) is 0 Å². The number of carbonyl (C=O) groups excluding carboxylic acids is 1. The molecule has 2 N–H and O–H groups in total. The number of rotatable bonds is 11. The van der Waals surface area contributed by atoms with Crippen molar-refractivity contribution in [2.24, 2.45) is 0 Å². The monoisotopic (exact) mass is 569 g/mol. The first-order valence-electron chi connectivity index (χ1n) is 13.9. The van der Waals surface area contributed by atoms with E-state index in [1.54, 1.807) is 16.4 Å². The number of benzene rings is 3. The van der Waals surface area contributed by atoms with Crippen molar-refractivity contribution in [3.05, 3.63) is 101 Å². The highest BCUT2D eigenvalue weighted by molar-refractivity contribution is 7.99. The van der Waals surface area contributed by atoms with Crippen molar-refractivity contribution in [2.75, 3.05) is 23.0 Å². The number of hydrogen-bond acceptors (Lipinski definition) is 7. The van der Waals surface area contributed by atoms with E-state index in [-0.39, 0.29) is 5.91 Å². The molecule has 3 aromatic carbocycles. The number of thioether (sulfide) groups is 1. The molecule has 1 unspecified atom stereocenters. The molecule has 9 heteroatoms. The van der Waals surface area contributed by atoms with Crippen LogP contribution in [0.1, 0.15) is 49.9 Å². The van der Waals surface area contributed by atoms with Gasteiger partial charge in [-0.05, 0) is 62.6 Å². The molecule has 0 fully saturated rings.